The smallest absolute Gasteiger partial charge is 0.346 e. The van der Waals surface area contributed by atoms with Crippen LogP contribution in [0.1, 0.15) is 37.0 Å². The van der Waals surface area contributed by atoms with Crippen molar-refractivity contribution in [3.8, 4) is 0 Å². The van der Waals surface area contributed by atoms with Crippen molar-refractivity contribution < 1.29 is 19.8 Å². The van der Waals surface area contributed by atoms with E-state index >= 15 is 0 Å². The highest BCUT2D eigenvalue weighted by atomic mass is 32.2. The topological polar surface area (TPSA) is 164 Å². The van der Waals surface area contributed by atoms with Gasteiger partial charge in [-0.25, -0.2) is 5.43 Å². The first kappa shape index (κ1) is 23.2. The summed E-state index contributed by atoms with van der Waals surface area (Å²) < 4.78 is -0.527. The Kier molecular flexibility index (Phi) is 5.96. The predicted molar refractivity (Wildman–Crippen MR) is 127 cm³/mol. The molecule has 34 heavy (non-hydrogen) atoms. The molecule has 2 aliphatic rings. The molecular formula is C21H20N6O6S. The molecule has 0 radical (unpaired) electrons. The van der Waals surface area contributed by atoms with Gasteiger partial charge in [0.15, 0.2) is 5.84 Å². The Balaban J connectivity index is 1.73. The number of anilines is 1. The van der Waals surface area contributed by atoms with E-state index in [2.05, 4.69) is 15.7 Å². The molecule has 0 unspecified atom stereocenters. The number of hydrogen-bond donors (Lipinski definition) is 2. The van der Waals surface area contributed by atoms with E-state index in [0.29, 0.717) is 13.0 Å². The molecule has 1 amide bonds. The van der Waals surface area contributed by atoms with E-state index in [4.69, 9.17) is 0 Å². The van der Waals surface area contributed by atoms with E-state index in [9.17, 15) is 30.2 Å². The number of oxime groups is 1. The maximum Gasteiger partial charge on any atom is 0.346 e. The molecule has 0 spiro atoms. The minimum atomic E-state index is -0.837. The second-order valence-electron chi connectivity index (χ2n) is 8.21. The normalized spacial score (nSPS) is 17.5. The van der Waals surface area contributed by atoms with Gasteiger partial charge in [-0.15, -0.1) is 0 Å². The molecule has 2 N–H and O–H groups in total. The zero-order valence-corrected chi connectivity index (χ0v) is 19.0. The second-order valence-corrected chi connectivity index (χ2v) is 9.81. The number of nitro groups is 2. The molecule has 0 aromatic heterocycles. The Bertz CT molecular complexity index is 1270. The number of carbonyl (C=O) groups is 1. The fourth-order valence-corrected chi connectivity index (χ4v) is 4.96. The van der Waals surface area contributed by atoms with E-state index in [0.717, 1.165) is 52.8 Å². The van der Waals surface area contributed by atoms with Gasteiger partial charge < -0.3 is 10.1 Å². The first-order chi connectivity index (χ1) is 16.1. The Morgan fingerprint density at radius 3 is 2.56 bits per heavy atom. The van der Waals surface area contributed by atoms with Crippen molar-refractivity contribution in [1.29, 1.82) is 0 Å². The number of amides is 1. The summed E-state index contributed by atoms with van der Waals surface area (Å²) in [5, 5.41) is 39.7. The number of aryl methyl sites for hydroxylation is 1. The van der Waals surface area contributed by atoms with Crippen molar-refractivity contribution >= 4 is 45.6 Å². The lowest BCUT2D eigenvalue weighted by Crippen LogP contribution is -2.39. The third kappa shape index (κ3) is 4.17. The zero-order valence-electron chi connectivity index (χ0n) is 18.2. The van der Waals surface area contributed by atoms with Crippen LogP contribution in [0, 0.1) is 20.2 Å². The average Bonchev–Trinajstić information content (AvgIpc) is 2.78. The first-order valence-electron chi connectivity index (χ1n) is 10.3. The SMILES string of the molecule is CC1(C)SC(=O)NN=C1c1ccc2c(c1)CCCN2/C(=N\O)c1ccc([N+](=O)[O-])c([N+](=O)[O-])c1. The summed E-state index contributed by atoms with van der Waals surface area (Å²) >= 11 is 1.15. The monoisotopic (exact) mass is 484 g/mol. The molecule has 0 fully saturated rings. The fourth-order valence-electron chi connectivity index (χ4n) is 4.15. The Labute approximate surface area is 197 Å². The summed E-state index contributed by atoms with van der Waals surface area (Å²) in [5.41, 5.74) is 4.59. The van der Waals surface area contributed by atoms with Crippen LogP contribution in [0.5, 0.6) is 0 Å². The molecule has 12 nitrogen and oxygen atoms in total. The van der Waals surface area contributed by atoms with Crippen LogP contribution in [0.2, 0.25) is 0 Å². The van der Waals surface area contributed by atoms with Crippen LogP contribution in [-0.2, 0) is 6.42 Å². The number of rotatable bonds is 4. The van der Waals surface area contributed by atoms with Gasteiger partial charge in [-0.2, -0.15) is 5.10 Å². The lowest BCUT2D eigenvalue weighted by Gasteiger charge is -2.33. The van der Waals surface area contributed by atoms with Crippen molar-refractivity contribution in [3.63, 3.8) is 0 Å². The molecule has 0 saturated heterocycles. The highest BCUT2D eigenvalue weighted by Gasteiger charge is 2.35. The summed E-state index contributed by atoms with van der Waals surface area (Å²) in [6.45, 7) is 4.31. The summed E-state index contributed by atoms with van der Waals surface area (Å²) in [6, 6.07) is 9.05. The molecular weight excluding hydrogens is 464 g/mol. The lowest BCUT2D eigenvalue weighted by atomic mass is 9.93. The number of hydrogen-bond acceptors (Lipinski definition) is 9. The number of thioether (sulfide) groups is 1. The Morgan fingerprint density at radius 2 is 1.91 bits per heavy atom. The fraction of sp³-hybridized carbons (Fsp3) is 0.286. The maximum atomic E-state index is 11.7. The molecule has 0 bridgehead atoms. The lowest BCUT2D eigenvalue weighted by molar-refractivity contribution is -0.422. The molecule has 4 rings (SSSR count). The van der Waals surface area contributed by atoms with Gasteiger partial charge in [0.25, 0.3) is 5.24 Å². The quantitative estimate of drug-likeness (QED) is 0.216. The highest BCUT2D eigenvalue weighted by Crippen LogP contribution is 2.36. The number of benzene rings is 2. The minimum Gasteiger partial charge on any atom is -0.409 e. The number of fused-ring (bicyclic) bond motifs is 1. The molecule has 2 heterocycles. The molecule has 0 saturated carbocycles. The van der Waals surface area contributed by atoms with Crippen molar-refractivity contribution in [1.82, 2.24) is 5.43 Å². The zero-order chi connectivity index (χ0) is 24.6. The van der Waals surface area contributed by atoms with E-state index < -0.39 is 26.0 Å². The van der Waals surface area contributed by atoms with Crippen LogP contribution in [0.4, 0.5) is 21.9 Å². The van der Waals surface area contributed by atoms with E-state index in [1.165, 1.54) is 6.07 Å². The maximum absolute atomic E-state index is 11.7. The molecule has 176 valence electrons. The van der Waals surface area contributed by atoms with Crippen LogP contribution in [0.15, 0.2) is 46.7 Å². The van der Waals surface area contributed by atoms with Crippen molar-refractivity contribution in [2.24, 2.45) is 10.3 Å². The van der Waals surface area contributed by atoms with Crippen molar-refractivity contribution in [3.05, 3.63) is 73.3 Å². The minimum absolute atomic E-state index is 0.0462. The summed E-state index contributed by atoms with van der Waals surface area (Å²) in [5.74, 6) is 0.0462. The molecule has 13 heteroatoms. The Hall–Kier alpha value is -4.00. The van der Waals surface area contributed by atoms with Gasteiger partial charge in [-0.3, -0.25) is 25.0 Å². The summed E-state index contributed by atoms with van der Waals surface area (Å²) in [4.78, 5) is 34.3. The van der Waals surface area contributed by atoms with E-state index in [-0.39, 0.29) is 16.6 Å². The van der Waals surface area contributed by atoms with Gasteiger partial charge in [0.1, 0.15) is 0 Å². The van der Waals surface area contributed by atoms with Crippen LogP contribution >= 0.6 is 11.8 Å². The number of carbonyl (C=O) groups excluding carboxylic acids is 1. The molecule has 0 atom stereocenters. The van der Waals surface area contributed by atoms with Crippen molar-refractivity contribution in [2.45, 2.75) is 31.4 Å². The van der Waals surface area contributed by atoms with Crippen LogP contribution in [0.25, 0.3) is 0 Å². The van der Waals surface area contributed by atoms with E-state index in [1.807, 2.05) is 32.0 Å². The largest absolute Gasteiger partial charge is 0.409 e. The average molecular weight is 484 g/mol. The second kappa shape index (κ2) is 8.74. The van der Waals surface area contributed by atoms with Gasteiger partial charge in [-0.05, 0) is 56.0 Å². The number of nitro benzene ring substituents is 2. The summed E-state index contributed by atoms with van der Waals surface area (Å²) in [6.07, 6.45) is 1.46. The van der Waals surface area contributed by atoms with Gasteiger partial charge in [0.05, 0.1) is 20.3 Å². The standard InChI is InChI=1S/C21H20N6O6S/c1-21(2)18(22-23-20(28)34-21)13-5-7-15-12(10-13)4-3-9-25(15)19(24-29)14-6-8-16(26(30)31)17(11-14)27(32)33/h5-8,10-11,29H,3-4,9H2,1-2H3,(H,23,28)/b24-19-. The predicted octanol–water partition coefficient (Wildman–Crippen LogP) is 4.03. The number of nitrogens with one attached hydrogen (secondary N) is 1. The number of hydrazone groups is 1. The van der Waals surface area contributed by atoms with Gasteiger partial charge >= 0.3 is 11.4 Å². The van der Waals surface area contributed by atoms with Crippen LogP contribution in [-0.4, -0.2) is 43.1 Å². The number of amidine groups is 1. The molecule has 0 aliphatic carbocycles. The molecule has 2 aromatic rings. The van der Waals surface area contributed by atoms with Crippen LogP contribution < -0.4 is 10.3 Å². The number of nitrogens with zero attached hydrogens (tertiary/aromatic N) is 5. The highest BCUT2D eigenvalue weighted by molar-refractivity contribution is 8.15. The van der Waals surface area contributed by atoms with Crippen LogP contribution in [0.3, 0.4) is 0 Å². The third-order valence-corrected chi connectivity index (χ3v) is 6.61. The third-order valence-electron chi connectivity index (χ3n) is 5.63. The van der Waals surface area contributed by atoms with Crippen molar-refractivity contribution in [2.75, 3.05) is 11.4 Å². The first-order valence-corrected chi connectivity index (χ1v) is 11.1. The van der Waals surface area contributed by atoms with Gasteiger partial charge in [-0.1, -0.05) is 23.0 Å². The van der Waals surface area contributed by atoms with Gasteiger partial charge in [0.2, 0.25) is 0 Å². The van der Waals surface area contributed by atoms with Gasteiger partial charge in [0, 0.05) is 29.9 Å². The summed E-state index contributed by atoms with van der Waals surface area (Å²) in [7, 11) is 0. The Morgan fingerprint density at radius 1 is 1.18 bits per heavy atom. The molecule has 2 aromatic carbocycles. The molecule has 2 aliphatic heterocycles. The van der Waals surface area contributed by atoms with E-state index in [1.54, 1.807) is 4.90 Å².